The number of hydrogen-bond acceptors (Lipinski definition) is 2. The van der Waals surface area contributed by atoms with Gasteiger partial charge in [-0.1, -0.05) is 24.6 Å². The molecule has 0 amide bonds. The molecule has 2 rings (SSSR count). The first-order valence-electron chi connectivity index (χ1n) is 5.91. The van der Waals surface area contributed by atoms with Crippen LogP contribution in [0.3, 0.4) is 0 Å². The highest BCUT2D eigenvalue weighted by molar-refractivity contribution is 5.81. The van der Waals surface area contributed by atoms with Crippen molar-refractivity contribution >= 4 is 16.9 Å². The molecule has 17 heavy (non-hydrogen) atoms. The van der Waals surface area contributed by atoms with Gasteiger partial charge < -0.3 is 5.11 Å². The van der Waals surface area contributed by atoms with Crippen molar-refractivity contribution in [3.63, 3.8) is 0 Å². The molecule has 0 radical (unpaired) electrons. The topological polar surface area (TPSA) is 66.0 Å². The van der Waals surface area contributed by atoms with Gasteiger partial charge in [-0.25, -0.2) is 0 Å². The molecule has 90 valence electrons. The van der Waals surface area contributed by atoms with E-state index in [-0.39, 0.29) is 6.42 Å². The van der Waals surface area contributed by atoms with Crippen molar-refractivity contribution in [2.24, 2.45) is 0 Å². The number of aliphatic carboxylic acids is 1. The van der Waals surface area contributed by atoms with Crippen molar-refractivity contribution in [3.8, 4) is 0 Å². The summed E-state index contributed by atoms with van der Waals surface area (Å²) < 4.78 is 0. The SMILES string of the molecule is O=C(O)CCCCCc1[nH]nc2ccccc12. The molecule has 1 aromatic heterocycles. The van der Waals surface area contributed by atoms with E-state index < -0.39 is 5.97 Å². The summed E-state index contributed by atoms with van der Waals surface area (Å²) in [7, 11) is 0. The zero-order valence-electron chi connectivity index (χ0n) is 9.65. The van der Waals surface area contributed by atoms with Gasteiger partial charge in [0.25, 0.3) is 0 Å². The van der Waals surface area contributed by atoms with Crippen LogP contribution >= 0.6 is 0 Å². The summed E-state index contributed by atoms with van der Waals surface area (Å²) in [6, 6.07) is 8.02. The molecule has 0 fully saturated rings. The quantitative estimate of drug-likeness (QED) is 0.752. The number of carbonyl (C=O) groups is 1. The standard InChI is InChI=1S/C13H16N2O2/c16-13(17)9-3-1-2-7-11-10-6-4-5-8-12(10)15-14-11/h4-6,8H,1-3,7,9H2,(H,14,15)(H,16,17). The third-order valence-corrected chi connectivity index (χ3v) is 2.86. The Morgan fingerprint density at radius 2 is 2.06 bits per heavy atom. The van der Waals surface area contributed by atoms with Gasteiger partial charge >= 0.3 is 5.97 Å². The van der Waals surface area contributed by atoms with Crippen molar-refractivity contribution in [2.45, 2.75) is 32.1 Å². The van der Waals surface area contributed by atoms with Gasteiger partial charge in [-0.3, -0.25) is 9.89 Å². The molecular weight excluding hydrogens is 216 g/mol. The molecule has 0 unspecified atom stereocenters. The van der Waals surface area contributed by atoms with Crippen molar-refractivity contribution in [2.75, 3.05) is 0 Å². The number of aromatic amines is 1. The Hall–Kier alpha value is -1.84. The molecule has 1 heterocycles. The fraction of sp³-hybridized carbons (Fsp3) is 0.385. The van der Waals surface area contributed by atoms with Crippen LogP contribution in [0.4, 0.5) is 0 Å². The number of nitrogens with one attached hydrogen (secondary N) is 1. The molecule has 0 spiro atoms. The first-order valence-corrected chi connectivity index (χ1v) is 5.91. The van der Waals surface area contributed by atoms with Crippen LogP contribution < -0.4 is 0 Å². The number of fused-ring (bicyclic) bond motifs is 1. The van der Waals surface area contributed by atoms with Gasteiger partial charge in [-0.2, -0.15) is 5.10 Å². The van der Waals surface area contributed by atoms with Gasteiger partial charge in [-0.15, -0.1) is 0 Å². The number of para-hydroxylation sites is 1. The molecule has 2 aromatic rings. The van der Waals surface area contributed by atoms with Crippen LogP contribution in [0.5, 0.6) is 0 Å². The van der Waals surface area contributed by atoms with E-state index in [1.54, 1.807) is 0 Å². The molecular formula is C13H16N2O2. The maximum Gasteiger partial charge on any atom is 0.303 e. The van der Waals surface area contributed by atoms with Crippen LogP contribution in [0.2, 0.25) is 0 Å². The third-order valence-electron chi connectivity index (χ3n) is 2.86. The zero-order valence-corrected chi connectivity index (χ0v) is 9.65. The fourth-order valence-electron chi connectivity index (χ4n) is 1.96. The number of nitrogens with zero attached hydrogens (tertiary/aromatic N) is 1. The lowest BCUT2D eigenvalue weighted by molar-refractivity contribution is -0.137. The summed E-state index contributed by atoms with van der Waals surface area (Å²) >= 11 is 0. The molecule has 0 aliphatic heterocycles. The number of rotatable bonds is 6. The van der Waals surface area contributed by atoms with Crippen molar-refractivity contribution < 1.29 is 9.90 Å². The van der Waals surface area contributed by atoms with E-state index in [9.17, 15) is 4.79 Å². The van der Waals surface area contributed by atoms with E-state index >= 15 is 0 Å². The fourth-order valence-corrected chi connectivity index (χ4v) is 1.96. The van der Waals surface area contributed by atoms with E-state index in [1.165, 1.54) is 5.39 Å². The van der Waals surface area contributed by atoms with Crippen LogP contribution in [0.15, 0.2) is 24.3 Å². The molecule has 2 N–H and O–H groups in total. The monoisotopic (exact) mass is 232 g/mol. The number of aryl methyl sites for hydroxylation is 1. The Morgan fingerprint density at radius 3 is 2.88 bits per heavy atom. The molecule has 4 heteroatoms. The van der Waals surface area contributed by atoms with Crippen LogP contribution in [-0.2, 0) is 11.2 Å². The Labute approximate surface area is 99.7 Å². The predicted molar refractivity (Wildman–Crippen MR) is 65.9 cm³/mol. The lowest BCUT2D eigenvalue weighted by Gasteiger charge is -1.98. The maximum atomic E-state index is 10.3. The smallest absolute Gasteiger partial charge is 0.303 e. The largest absolute Gasteiger partial charge is 0.481 e. The second-order valence-corrected chi connectivity index (χ2v) is 4.17. The van der Waals surface area contributed by atoms with Gasteiger partial charge in [0.1, 0.15) is 0 Å². The Kier molecular flexibility index (Phi) is 3.75. The van der Waals surface area contributed by atoms with Crippen molar-refractivity contribution in [1.82, 2.24) is 10.2 Å². The summed E-state index contributed by atoms with van der Waals surface area (Å²) in [6.45, 7) is 0. The number of carboxylic acids is 1. The second-order valence-electron chi connectivity index (χ2n) is 4.17. The molecule has 0 aliphatic rings. The van der Waals surface area contributed by atoms with Crippen LogP contribution in [0.25, 0.3) is 10.9 Å². The van der Waals surface area contributed by atoms with Gasteiger partial charge in [0.15, 0.2) is 0 Å². The molecule has 1 aromatic carbocycles. The molecule has 0 atom stereocenters. The van der Waals surface area contributed by atoms with Gasteiger partial charge in [0.2, 0.25) is 0 Å². The lowest BCUT2D eigenvalue weighted by Crippen LogP contribution is -1.94. The zero-order chi connectivity index (χ0) is 12.1. The number of aromatic nitrogens is 2. The van der Waals surface area contributed by atoms with Gasteiger partial charge in [0, 0.05) is 17.5 Å². The van der Waals surface area contributed by atoms with E-state index in [0.717, 1.165) is 36.9 Å². The minimum Gasteiger partial charge on any atom is -0.481 e. The average molecular weight is 232 g/mol. The van der Waals surface area contributed by atoms with E-state index in [4.69, 9.17) is 5.11 Å². The average Bonchev–Trinajstić information content (AvgIpc) is 2.72. The number of benzene rings is 1. The van der Waals surface area contributed by atoms with Crippen molar-refractivity contribution in [1.29, 1.82) is 0 Å². The highest BCUT2D eigenvalue weighted by Crippen LogP contribution is 2.17. The minimum absolute atomic E-state index is 0.268. The summed E-state index contributed by atoms with van der Waals surface area (Å²) in [4.78, 5) is 10.3. The summed E-state index contributed by atoms with van der Waals surface area (Å²) in [5.41, 5.74) is 2.14. The van der Waals surface area contributed by atoms with Crippen molar-refractivity contribution in [3.05, 3.63) is 30.0 Å². The highest BCUT2D eigenvalue weighted by Gasteiger charge is 2.04. The Bertz CT molecular complexity index is 505. The maximum absolute atomic E-state index is 10.3. The molecule has 0 bridgehead atoms. The number of carboxylic acid groups (broad SMARTS) is 1. The molecule has 4 nitrogen and oxygen atoms in total. The number of hydrogen-bond donors (Lipinski definition) is 2. The van der Waals surface area contributed by atoms with Crippen LogP contribution in [0.1, 0.15) is 31.4 Å². The van der Waals surface area contributed by atoms with Gasteiger partial charge in [-0.05, 0) is 25.3 Å². The summed E-state index contributed by atoms with van der Waals surface area (Å²) in [5, 5.41) is 17.0. The molecule has 0 aliphatic carbocycles. The number of H-pyrrole nitrogens is 1. The summed E-state index contributed by atoms with van der Waals surface area (Å²) in [5.74, 6) is -0.711. The summed E-state index contributed by atoms with van der Waals surface area (Å²) in [6.07, 6.45) is 3.89. The Balaban J connectivity index is 1.85. The predicted octanol–water partition coefficient (Wildman–Crippen LogP) is 2.75. The molecule has 0 saturated heterocycles. The highest BCUT2D eigenvalue weighted by atomic mass is 16.4. The van der Waals surface area contributed by atoms with E-state index in [1.807, 2.05) is 18.2 Å². The first kappa shape index (κ1) is 11.6. The molecule has 0 saturated carbocycles. The van der Waals surface area contributed by atoms with Crippen LogP contribution in [-0.4, -0.2) is 21.3 Å². The van der Waals surface area contributed by atoms with E-state index in [0.29, 0.717) is 0 Å². The second kappa shape index (κ2) is 5.48. The normalized spacial score (nSPS) is 10.8. The van der Waals surface area contributed by atoms with Gasteiger partial charge in [0.05, 0.1) is 5.52 Å². The lowest BCUT2D eigenvalue weighted by atomic mass is 10.1. The minimum atomic E-state index is -0.711. The third kappa shape index (κ3) is 3.06. The van der Waals surface area contributed by atoms with Crippen LogP contribution in [0, 0.1) is 0 Å². The first-order chi connectivity index (χ1) is 8.27. The Morgan fingerprint density at radius 1 is 1.24 bits per heavy atom. The number of unbranched alkanes of at least 4 members (excludes halogenated alkanes) is 2. The van der Waals surface area contributed by atoms with E-state index in [2.05, 4.69) is 16.3 Å².